The molecule has 0 saturated carbocycles. The molecule has 1 atom stereocenters. The zero-order valence-electron chi connectivity index (χ0n) is 11.5. The van der Waals surface area contributed by atoms with Crippen molar-refractivity contribution in [1.82, 2.24) is 4.90 Å². The average Bonchev–Trinajstić information content (AvgIpc) is 2.71. The number of fused-ring (bicyclic) bond motifs is 1. The van der Waals surface area contributed by atoms with Gasteiger partial charge in [0.2, 0.25) is 0 Å². The number of nitrogen functional groups attached to an aromatic ring is 1. The number of ether oxygens (including phenoxy) is 1. The molecule has 106 valence electrons. The van der Waals surface area contributed by atoms with Gasteiger partial charge in [-0.1, -0.05) is 0 Å². The van der Waals surface area contributed by atoms with Gasteiger partial charge in [-0.25, -0.2) is 0 Å². The lowest BCUT2D eigenvalue weighted by molar-refractivity contribution is 0.0565. The van der Waals surface area contributed by atoms with Crippen molar-refractivity contribution in [2.45, 2.75) is 19.4 Å². The molecule has 1 aromatic heterocycles. The minimum Gasteiger partial charge on any atom is -0.399 e. The van der Waals surface area contributed by atoms with Crippen LogP contribution in [0.15, 0.2) is 24.3 Å². The summed E-state index contributed by atoms with van der Waals surface area (Å²) in [6.45, 7) is 4.17. The minimum atomic E-state index is 0.0992. The Balaban J connectivity index is 1.87. The normalized spacial score (nSPS) is 20.1. The van der Waals surface area contributed by atoms with Gasteiger partial charge in [0.1, 0.15) is 0 Å². The number of carbonyl (C=O) groups is 1. The Kier molecular flexibility index (Phi) is 3.63. The van der Waals surface area contributed by atoms with Crippen LogP contribution >= 0.6 is 11.3 Å². The second kappa shape index (κ2) is 5.42. The van der Waals surface area contributed by atoms with Crippen molar-refractivity contribution in [3.05, 3.63) is 29.1 Å². The van der Waals surface area contributed by atoms with Crippen LogP contribution in [0, 0.1) is 0 Å². The van der Waals surface area contributed by atoms with Crippen molar-refractivity contribution in [1.29, 1.82) is 0 Å². The molecule has 0 bridgehead atoms. The van der Waals surface area contributed by atoms with Crippen LogP contribution in [0.3, 0.4) is 0 Å². The molecule has 1 aromatic carbocycles. The van der Waals surface area contributed by atoms with Crippen molar-refractivity contribution >= 4 is 33.0 Å². The van der Waals surface area contributed by atoms with E-state index in [0.717, 1.165) is 40.2 Å². The second-order valence-corrected chi connectivity index (χ2v) is 6.28. The fourth-order valence-electron chi connectivity index (χ4n) is 2.50. The average molecular weight is 290 g/mol. The molecule has 1 fully saturated rings. The summed E-state index contributed by atoms with van der Waals surface area (Å²) in [5.74, 6) is 0.0992. The Morgan fingerprint density at radius 2 is 2.30 bits per heavy atom. The molecule has 0 spiro atoms. The van der Waals surface area contributed by atoms with Crippen molar-refractivity contribution in [2.24, 2.45) is 0 Å². The van der Waals surface area contributed by atoms with Crippen LogP contribution in [-0.4, -0.2) is 36.6 Å². The molecule has 1 saturated heterocycles. The summed E-state index contributed by atoms with van der Waals surface area (Å²) in [7, 11) is 0. The lowest BCUT2D eigenvalue weighted by Crippen LogP contribution is -2.35. The molecule has 1 amide bonds. The summed E-state index contributed by atoms with van der Waals surface area (Å²) in [6.07, 6.45) is 1.000. The highest BCUT2D eigenvalue weighted by Gasteiger charge is 2.22. The molecule has 0 radical (unpaired) electrons. The first-order chi connectivity index (χ1) is 9.63. The number of benzene rings is 1. The first-order valence-corrected chi connectivity index (χ1v) is 7.65. The summed E-state index contributed by atoms with van der Waals surface area (Å²) in [4.78, 5) is 15.3. The van der Waals surface area contributed by atoms with Crippen LogP contribution in [-0.2, 0) is 4.74 Å². The fraction of sp³-hybridized carbons (Fsp3) is 0.400. The monoisotopic (exact) mass is 290 g/mol. The van der Waals surface area contributed by atoms with E-state index in [4.69, 9.17) is 10.5 Å². The predicted molar refractivity (Wildman–Crippen MR) is 82.2 cm³/mol. The minimum absolute atomic E-state index is 0.0992. The fourth-order valence-corrected chi connectivity index (χ4v) is 3.51. The molecule has 1 unspecified atom stereocenters. The zero-order valence-corrected chi connectivity index (χ0v) is 12.3. The number of rotatable bonds is 1. The Labute approximate surface area is 122 Å². The third-order valence-corrected chi connectivity index (χ3v) is 4.59. The van der Waals surface area contributed by atoms with Gasteiger partial charge in [-0.2, -0.15) is 0 Å². The van der Waals surface area contributed by atoms with Crippen LogP contribution in [0.1, 0.15) is 23.0 Å². The Morgan fingerprint density at radius 3 is 3.15 bits per heavy atom. The van der Waals surface area contributed by atoms with Crippen molar-refractivity contribution in [2.75, 3.05) is 25.4 Å². The van der Waals surface area contributed by atoms with Gasteiger partial charge < -0.3 is 15.4 Å². The third-order valence-electron chi connectivity index (χ3n) is 3.49. The molecule has 3 rings (SSSR count). The van der Waals surface area contributed by atoms with Gasteiger partial charge in [-0.3, -0.25) is 4.79 Å². The lowest BCUT2D eigenvalue weighted by Gasteiger charge is -2.21. The maximum atomic E-state index is 12.6. The number of hydrogen-bond donors (Lipinski definition) is 1. The molecular weight excluding hydrogens is 272 g/mol. The van der Waals surface area contributed by atoms with Gasteiger partial charge in [0.25, 0.3) is 5.91 Å². The van der Waals surface area contributed by atoms with Gasteiger partial charge in [0.15, 0.2) is 0 Å². The van der Waals surface area contributed by atoms with Crippen LogP contribution in [0.5, 0.6) is 0 Å². The predicted octanol–water partition coefficient (Wildman–Crippen LogP) is 2.73. The van der Waals surface area contributed by atoms with E-state index in [1.807, 2.05) is 36.1 Å². The molecular formula is C15H18N2O2S. The highest BCUT2D eigenvalue weighted by Crippen LogP contribution is 2.28. The topological polar surface area (TPSA) is 55.6 Å². The maximum absolute atomic E-state index is 12.6. The molecule has 4 nitrogen and oxygen atoms in total. The molecule has 20 heavy (non-hydrogen) atoms. The number of amides is 1. The van der Waals surface area contributed by atoms with Crippen LogP contribution < -0.4 is 5.73 Å². The summed E-state index contributed by atoms with van der Waals surface area (Å²) in [6, 6.07) is 7.70. The van der Waals surface area contributed by atoms with Crippen molar-refractivity contribution < 1.29 is 9.53 Å². The Bertz CT molecular complexity index is 638. The van der Waals surface area contributed by atoms with E-state index in [2.05, 4.69) is 0 Å². The van der Waals surface area contributed by atoms with E-state index in [0.29, 0.717) is 6.54 Å². The molecule has 5 heteroatoms. The number of hydrogen-bond acceptors (Lipinski definition) is 4. The van der Waals surface area contributed by atoms with Gasteiger partial charge >= 0.3 is 0 Å². The van der Waals surface area contributed by atoms with Gasteiger partial charge in [-0.05, 0) is 43.0 Å². The molecule has 2 N–H and O–H groups in total. The van der Waals surface area contributed by atoms with Crippen molar-refractivity contribution in [3.8, 4) is 0 Å². The van der Waals surface area contributed by atoms with Crippen LogP contribution in [0.2, 0.25) is 0 Å². The molecule has 2 aromatic rings. The number of thiophene rings is 1. The first kappa shape index (κ1) is 13.4. The third kappa shape index (κ3) is 2.64. The molecule has 1 aliphatic heterocycles. The lowest BCUT2D eigenvalue weighted by atomic mass is 10.2. The Morgan fingerprint density at radius 1 is 1.45 bits per heavy atom. The number of nitrogens with zero attached hydrogens (tertiary/aromatic N) is 1. The zero-order chi connectivity index (χ0) is 14.1. The number of nitrogens with two attached hydrogens (primary N) is 1. The maximum Gasteiger partial charge on any atom is 0.264 e. The van der Waals surface area contributed by atoms with E-state index >= 15 is 0 Å². The standard InChI is InChI=1S/C15H18N2O2S/c1-10-9-17(5-2-6-19-10)15(18)14-8-11-7-12(16)3-4-13(11)20-14/h3-4,7-8,10H,2,5-6,9,16H2,1H3. The Hall–Kier alpha value is -1.59. The molecule has 2 heterocycles. The molecule has 0 aliphatic carbocycles. The molecule has 1 aliphatic rings. The first-order valence-electron chi connectivity index (χ1n) is 6.83. The van der Waals surface area contributed by atoms with E-state index in [-0.39, 0.29) is 12.0 Å². The van der Waals surface area contributed by atoms with Crippen molar-refractivity contribution in [3.63, 3.8) is 0 Å². The van der Waals surface area contributed by atoms with E-state index < -0.39 is 0 Å². The highest BCUT2D eigenvalue weighted by atomic mass is 32.1. The summed E-state index contributed by atoms with van der Waals surface area (Å²) in [5.41, 5.74) is 6.51. The summed E-state index contributed by atoms with van der Waals surface area (Å²) >= 11 is 1.53. The number of carbonyl (C=O) groups excluding carboxylic acids is 1. The van der Waals surface area contributed by atoms with E-state index in [9.17, 15) is 4.79 Å². The highest BCUT2D eigenvalue weighted by molar-refractivity contribution is 7.20. The van der Waals surface area contributed by atoms with Crippen LogP contribution in [0.25, 0.3) is 10.1 Å². The van der Waals surface area contributed by atoms with Gasteiger partial charge in [-0.15, -0.1) is 11.3 Å². The number of anilines is 1. The SMILES string of the molecule is CC1CN(C(=O)c2cc3cc(N)ccc3s2)CCCO1. The van der Waals surface area contributed by atoms with E-state index in [1.165, 1.54) is 11.3 Å². The van der Waals surface area contributed by atoms with Gasteiger partial charge in [0.05, 0.1) is 11.0 Å². The van der Waals surface area contributed by atoms with E-state index in [1.54, 1.807) is 0 Å². The summed E-state index contributed by atoms with van der Waals surface area (Å²) in [5, 5.41) is 1.04. The quantitative estimate of drug-likeness (QED) is 0.822. The van der Waals surface area contributed by atoms with Gasteiger partial charge in [0, 0.05) is 30.1 Å². The smallest absolute Gasteiger partial charge is 0.264 e. The summed E-state index contributed by atoms with van der Waals surface area (Å²) < 4.78 is 6.69. The second-order valence-electron chi connectivity index (χ2n) is 5.19. The largest absolute Gasteiger partial charge is 0.399 e. The van der Waals surface area contributed by atoms with Crippen LogP contribution in [0.4, 0.5) is 5.69 Å².